The highest BCUT2D eigenvalue weighted by atomic mass is 31.2. The van der Waals surface area contributed by atoms with Gasteiger partial charge in [-0.2, -0.15) is 0 Å². The van der Waals surface area contributed by atoms with Crippen LogP contribution < -0.4 is 0 Å². The lowest BCUT2D eigenvalue weighted by Crippen LogP contribution is -2.26. The van der Waals surface area contributed by atoms with Crippen LogP contribution in [0.3, 0.4) is 0 Å². The van der Waals surface area contributed by atoms with Crippen LogP contribution in [0, 0.1) is 0 Å². The molecular formula is C20H23O7P. The second kappa shape index (κ2) is 10.8. The molecular weight excluding hydrogens is 383 g/mol. The Labute approximate surface area is 164 Å². The topological polar surface area (TPSA) is 88.1 Å². The predicted molar refractivity (Wildman–Crippen MR) is 103 cm³/mol. The van der Waals surface area contributed by atoms with Crippen molar-refractivity contribution in [3.8, 4) is 0 Å². The summed E-state index contributed by atoms with van der Waals surface area (Å²) in [7, 11) is -0.723. The fraction of sp³-hybridized carbons (Fsp3) is 0.300. The van der Waals surface area contributed by atoms with Gasteiger partial charge in [0.25, 0.3) is 0 Å². The Morgan fingerprint density at radius 3 is 1.86 bits per heavy atom. The summed E-state index contributed by atoms with van der Waals surface area (Å²) in [5, 5.41) is 0. The van der Waals surface area contributed by atoms with Crippen molar-refractivity contribution < 1.29 is 32.7 Å². The molecule has 0 aliphatic rings. The third kappa shape index (κ3) is 6.60. The average Bonchev–Trinajstić information content (AvgIpc) is 2.76. The lowest BCUT2D eigenvalue weighted by molar-refractivity contribution is -0.00158. The molecule has 0 spiro atoms. The Balaban J connectivity index is 2.03. The van der Waals surface area contributed by atoms with Crippen LogP contribution in [0.1, 0.15) is 27.1 Å². The Morgan fingerprint density at radius 2 is 1.36 bits per heavy atom. The number of esters is 2. The van der Waals surface area contributed by atoms with Crippen LogP contribution in [0.25, 0.3) is 0 Å². The molecule has 8 heteroatoms. The zero-order chi connectivity index (χ0) is 20.4. The van der Waals surface area contributed by atoms with E-state index in [-0.39, 0.29) is 19.2 Å². The third-order valence-corrected chi connectivity index (χ3v) is 5.89. The van der Waals surface area contributed by atoms with Gasteiger partial charge in [0.05, 0.1) is 17.3 Å². The number of benzene rings is 2. The van der Waals surface area contributed by atoms with E-state index in [1.54, 1.807) is 60.7 Å². The molecule has 0 saturated carbocycles. The van der Waals surface area contributed by atoms with Crippen molar-refractivity contribution >= 4 is 19.5 Å². The van der Waals surface area contributed by atoms with Gasteiger partial charge in [0.2, 0.25) is 0 Å². The van der Waals surface area contributed by atoms with E-state index in [9.17, 15) is 14.2 Å². The molecule has 2 aromatic rings. The van der Waals surface area contributed by atoms with E-state index in [1.807, 2.05) is 0 Å². The molecule has 0 amide bonds. The summed E-state index contributed by atoms with van der Waals surface area (Å²) in [5.41, 5.74) is 0.749. The molecule has 0 fully saturated rings. The van der Waals surface area contributed by atoms with Gasteiger partial charge in [-0.15, -0.1) is 0 Å². The second-order valence-electron chi connectivity index (χ2n) is 5.85. The van der Waals surface area contributed by atoms with Crippen molar-refractivity contribution in [1.82, 2.24) is 0 Å². The number of hydrogen-bond acceptors (Lipinski definition) is 7. The highest BCUT2D eigenvalue weighted by Gasteiger charge is 2.26. The van der Waals surface area contributed by atoms with Gasteiger partial charge in [0.15, 0.2) is 0 Å². The van der Waals surface area contributed by atoms with Gasteiger partial charge < -0.3 is 18.5 Å². The minimum Gasteiger partial charge on any atom is -0.458 e. The summed E-state index contributed by atoms with van der Waals surface area (Å²) in [6, 6.07) is 16.9. The van der Waals surface area contributed by atoms with Crippen molar-refractivity contribution in [2.45, 2.75) is 12.5 Å². The van der Waals surface area contributed by atoms with Crippen LogP contribution in [0.15, 0.2) is 60.7 Å². The first kappa shape index (κ1) is 21.8. The van der Waals surface area contributed by atoms with Crippen molar-refractivity contribution in [3.05, 3.63) is 71.8 Å². The van der Waals surface area contributed by atoms with Gasteiger partial charge >= 0.3 is 19.5 Å². The highest BCUT2D eigenvalue weighted by molar-refractivity contribution is 7.53. The summed E-state index contributed by atoms with van der Waals surface area (Å²) in [6.07, 6.45) is -0.658. The number of ether oxygens (including phenoxy) is 2. The Bertz CT molecular complexity index is 800. The number of carbonyl (C=O) groups is 2. The second-order valence-corrected chi connectivity index (χ2v) is 8.25. The zero-order valence-corrected chi connectivity index (χ0v) is 16.7. The van der Waals surface area contributed by atoms with Crippen molar-refractivity contribution in [3.63, 3.8) is 0 Å². The first-order valence-electron chi connectivity index (χ1n) is 8.66. The molecule has 2 rings (SSSR count). The summed E-state index contributed by atoms with van der Waals surface area (Å²) < 4.78 is 32.8. The fourth-order valence-corrected chi connectivity index (χ4v) is 3.47. The van der Waals surface area contributed by atoms with Gasteiger partial charge in [-0.1, -0.05) is 36.4 Å². The lowest BCUT2D eigenvalue weighted by atomic mass is 10.2. The maximum Gasteiger partial charge on any atom is 0.338 e. The number of rotatable bonds is 10. The van der Waals surface area contributed by atoms with E-state index in [1.165, 1.54) is 14.2 Å². The van der Waals surface area contributed by atoms with E-state index in [0.717, 1.165) is 0 Å². The van der Waals surface area contributed by atoms with Crippen LogP contribution in [-0.2, 0) is 23.1 Å². The summed E-state index contributed by atoms with van der Waals surface area (Å²) in [5.74, 6) is -1.10. The van der Waals surface area contributed by atoms with Crippen molar-refractivity contribution in [2.75, 3.05) is 27.0 Å². The number of carbonyl (C=O) groups excluding carboxylic acids is 2. The standard InChI is InChI=1S/C20H23O7P/c1-24-28(23,25-2)14-13-18(27-20(22)17-11-7-4-8-12-17)15-26-19(21)16-9-5-3-6-10-16/h3-12,18H,13-15H2,1-2H3. The van der Waals surface area contributed by atoms with Crippen molar-refractivity contribution in [1.29, 1.82) is 0 Å². The summed E-state index contributed by atoms with van der Waals surface area (Å²) in [4.78, 5) is 24.5. The van der Waals surface area contributed by atoms with Crippen molar-refractivity contribution in [2.24, 2.45) is 0 Å². The molecule has 0 radical (unpaired) electrons. The minimum absolute atomic E-state index is 0.00955. The number of hydrogen-bond donors (Lipinski definition) is 0. The van der Waals surface area contributed by atoms with E-state index in [0.29, 0.717) is 11.1 Å². The predicted octanol–water partition coefficient (Wildman–Crippen LogP) is 3.95. The molecule has 0 aliphatic heterocycles. The normalized spacial score (nSPS) is 12.2. The van der Waals surface area contributed by atoms with E-state index >= 15 is 0 Å². The van der Waals surface area contributed by atoms with Gasteiger partial charge in [-0.25, -0.2) is 9.59 Å². The largest absolute Gasteiger partial charge is 0.458 e. The Morgan fingerprint density at radius 1 is 0.857 bits per heavy atom. The molecule has 2 aromatic carbocycles. The third-order valence-electron chi connectivity index (χ3n) is 3.97. The zero-order valence-electron chi connectivity index (χ0n) is 15.8. The highest BCUT2D eigenvalue weighted by Crippen LogP contribution is 2.47. The van der Waals surface area contributed by atoms with Crippen LogP contribution in [-0.4, -0.2) is 45.0 Å². The monoisotopic (exact) mass is 406 g/mol. The van der Waals surface area contributed by atoms with E-state index < -0.39 is 25.6 Å². The molecule has 1 unspecified atom stereocenters. The molecule has 0 aromatic heterocycles. The lowest BCUT2D eigenvalue weighted by Gasteiger charge is -2.20. The van der Waals surface area contributed by atoms with E-state index in [4.69, 9.17) is 18.5 Å². The first-order chi connectivity index (χ1) is 13.5. The Kier molecular flexibility index (Phi) is 8.39. The van der Waals surface area contributed by atoms with Crippen LogP contribution >= 0.6 is 7.60 Å². The van der Waals surface area contributed by atoms with Gasteiger partial charge in [-0.3, -0.25) is 4.57 Å². The Hall–Kier alpha value is -2.47. The van der Waals surface area contributed by atoms with Gasteiger partial charge in [0, 0.05) is 14.2 Å². The van der Waals surface area contributed by atoms with Crippen LogP contribution in [0.2, 0.25) is 0 Å². The smallest absolute Gasteiger partial charge is 0.338 e. The minimum atomic E-state index is -3.29. The van der Waals surface area contributed by atoms with Gasteiger partial charge in [-0.05, 0) is 30.7 Å². The molecule has 1 atom stereocenters. The molecule has 7 nitrogen and oxygen atoms in total. The van der Waals surface area contributed by atoms with Crippen LogP contribution in [0.4, 0.5) is 0 Å². The maximum absolute atomic E-state index is 12.3. The molecule has 0 heterocycles. The summed E-state index contributed by atoms with van der Waals surface area (Å²) >= 11 is 0. The van der Waals surface area contributed by atoms with Gasteiger partial charge in [0.1, 0.15) is 12.7 Å². The van der Waals surface area contributed by atoms with Crippen LogP contribution in [0.5, 0.6) is 0 Å². The maximum atomic E-state index is 12.3. The fourth-order valence-electron chi connectivity index (χ4n) is 2.36. The average molecular weight is 406 g/mol. The molecule has 0 N–H and O–H groups in total. The summed E-state index contributed by atoms with van der Waals surface area (Å²) in [6.45, 7) is -0.181. The quantitative estimate of drug-likeness (QED) is 0.436. The first-order valence-corrected chi connectivity index (χ1v) is 10.4. The SMILES string of the molecule is COP(=O)(CCC(COC(=O)c1ccccc1)OC(=O)c1ccccc1)OC. The van der Waals surface area contributed by atoms with E-state index in [2.05, 4.69) is 0 Å². The molecule has 28 heavy (non-hydrogen) atoms. The molecule has 0 saturated heterocycles. The molecule has 0 aliphatic carbocycles. The molecule has 150 valence electrons. The molecule has 0 bridgehead atoms.